The first-order valence-corrected chi connectivity index (χ1v) is 10.4. The van der Waals surface area contributed by atoms with E-state index in [2.05, 4.69) is 10.3 Å². The second-order valence-electron chi connectivity index (χ2n) is 7.12. The Morgan fingerprint density at radius 2 is 2.12 bits per heavy atom. The Labute approximate surface area is 155 Å². The molecule has 0 radical (unpaired) electrons. The number of rotatable bonds is 6. The lowest BCUT2D eigenvalue weighted by molar-refractivity contribution is -0.127. The molecule has 8 heteroatoms. The first kappa shape index (κ1) is 20.5. The third-order valence-corrected chi connectivity index (χ3v) is 6.12. The van der Waals surface area contributed by atoms with Crippen molar-refractivity contribution in [1.29, 1.82) is 0 Å². The summed E-state index contributed by atoms with van der Waals surface area (Å²) < 4.78 is 26.7. The molecule has 144 valence electrons. The van der Waals surface area contributed by atoms with E-state index in [1.54, 1.807) is 19.1 Å². The van der Waals surface area contributed by atoms with Crippen molar-refractivity contribution in [2.45, 2.75) is 57.5 Å². The van der Waals surface area contributed by atoms with Crippen molar-refractivity contribution in [2.24, 2.45) is 5.92 Å². The van der Waals surface area contributed by atoms with Crippen LogP contribution in [0, 0.1) is 12.8 Å². The van der Waals surface area contributed by atoms with E-state index in [0.717, 1.165) is 10.7 Å². The number of Topliss-reactive ketones (excluding diaryl/α,β-unsaturated/α-hetero) is 1. The van der Waals surface area contributed by atoms with Gasteiger partial charge in [0.05, 0.1) is 12.6 Å². The summed E-state index contributed by atoms with van der Waals surface area (Å²) in [6.07, 6.45) is 2.08. The van der Waals surface area contributed by atoms with Crippen LogP contribution in [0.2, 0.25) is 0 Å². The molecule has 1 aliphatic heterocycles. The van der Waals surface area contributed by atoms with E-state index in [1.807, 2.05) is 13.8 Å². The zero-order chi connectivity index (χ0) is 19.3. The number of aromatic nitrogens is 1. The smallest absolute Gasteiger partial charge is 0.260 e. The second-order valence-corrected chi connectivity index (χ2v) is 9.00. The van der Waals surface area contributed by atoms with Crippen LogP contribution in [0.15, 0.2) is 23.2 Å². The van der Waals surface area contributed by atoms with Crippen LogP contribution in [0.5, 0.6) is 0 Å². The third kappa shape index (κ3) is 5.35. The molecule has 1 amide bonds. The Morgan fingerprint density at radius 1 is 1.38 bits per heavy atom. The molecule has 0 saturated carbocycles. The summed E-state index contributed by atoms with van der Waals surface area (Å²) in [6, 6.07) is 4.16. The van der Waals surface area contributed by atoms with Crippen LogP contribution in [0.4, 0.5) is 0 Å². The Bertz CT molecular complexity index is 761. The highest BCUT2D eigenvalue weighted by atomic mass is 32.2. The molecule has 2 heterocycles. The Kier molecular flexibility index (Phi) is 6.88. The van der Waals surface area contributed by atoms with Crippen molar-refractivity contribution in [3.8, 4) is 0 Å². The summed E-state index contributed by atoms with van der Waals surface area (Å²) in [5.41, 5.74) is 0.600. The number of ketones is 1. The van der Waals surface area contributed by atoms with E-state index in [1.165, 1.54) is 6.07 Å². The molecule has 1 aromatic heterocycles. The predicted molar refractivity (Wildman–Crippen MR) is 98.0 cm³/mol. The standard InChI is InChI=1S/C18H27N3O4S/c1-13(2)9-10-17(23)20-15-7-5-11-21(12-16(15)22)26(24,25)18-8-4-6-14(3)19-18/h4,6,8,13,15H,5,7,9-12H2,1-3H3,(H,20,23). The largest absolute Gasteiger partial charge is 0.346 e. The summed E-state index contributed by atoms with van der Waals surface area (Å²) in [4.78, 5) is 28.6. The Hall–Kier alpha value is -1.80. The Balaban J connectivity index is 2.05. The molecule has 1 aliphatic rings. The minimum absolute atomic E-state index is 0.0512. The third-order valence-electron chi connectivity index (χ3n) is 4.37. The number of aryl methyl sites for hydroxylation is 1. The lowest BCUT2D eigenvalue weighted by Crippen LogP contribution is -2.44. The minimum Gasteiger partial charge on any atom is -0.346 e. The van der Waals surface area contributed by atoms with Gasteiger partial charge in [0, 0.05) is 18.7 Å². The van der Waals surface area contributed by atoms with E-state index in [-0.39, 0.29) is 29.8 Å². The molecule has 1 fully saturated rings. The summed E-state index contributed by atoms with van der Waals surface area (Å²) in [5, 5.41) is 2.71. The summed E-state index contributed by atoms with van der Waals surface area (Å²) in [6.45, 7) is 5.78. The molecule has 0 bridgehead atoms. The fraction of sp³-hybridized carbons (Fsp3) is 0.611. The maximum Gasteiger partial charge on any atom is 0.260 e. The maximum atomic E-state index is 12.8. The van der Waals surface area contributed by atoms with Crippen LogP contribution in [-0.2, 0) is 19.6 Å². The molecule has 1 atom stereocenters. The van der Waals surface area contributed by atoms with Gasteiger partial charge in [-0.25, -0.2) is 13.4 Å². The summed E-state index contributed by atoms with van der Waals surface area (Å²) in [5.74, 6) is -0.0293. The van der Waals surface area contributed by atoms with Crippen molar-refractivity contribution < 1.29 is 18.0 Å². The number of hydrogen-bond acceptors (Lipinski definition) is 5. The zero-order valence-electron chi connectivity index (χ0n) is 15.6. The van der Waals surface area contributed by atoms with Gasteiger partial charge < -0.3 is 5.32 Å². The van der Waals surface area contributed by atoms with E-state index >= 15 is 0 Å². The van der Waals surface area contributed by atoms with Crippen LogP contribution < -0.4 is 5.32 Å². The van der Waals surface area contributed by atoms with Crippen LogP contribution in [0.3, 0.4) is 0 Å². The summed E-state index contributed by atoms with van der Waals surface area (Å²) >= 11 is 0. The number of amides is 1. The minimum atomic E-state index is -3.83. The fourth-order valence-corrected chi connectivity index (χ4v) is 4.27. The normalized spacial score (nSPS) is 19.4. The maximum absolute atomic E-state index is 12.8. The van der Waals surface area contributed by atoms with Crippen LogP contribution >= 0.6 is 0 Å². The van der Waals surface area contributed by atoms with E-state index < -0.39 is 16.1 Å². The van der Waals surface area contributed by atoms with Gasteiger partial charge in [-0.3, -0.25) is 9.59 Å². The van der Waals surface area contributed by atoms with Gasteiger partial charge in [0.1, 0.15) is 0 Å². The van der Waals surface area contributed by atoms with E-state index in [0.29, 0.717) is 30.9 Å². The molecule has 1 N–H and O–H groups in total. The molecular weight excluding hydrogens is 354 g/mol. The van der Waals surface area contributed by atoms with Gasteiger partial charge in [0.2, 0.25) is 5.91 Å². The van der Waals surface area contributed by atoms with Crippen molar-refractivity contribution in [2.75, 3.05) is 13.1 Å². The first-order valence-electron chi connectivity index (χ1n) is 8.96. The number of hydrogen-bond donors (Lipinski definition) is 1. The molecular formula is C18H27N3O4S. The van der Waals surface area contributed by atoms with Gasteiger partial charge in [0.15, 0.2) is 10.8 Å². The van der Waals surface area contributed by atoms with Gasteiger partial charge in [0.25, 0.3) is 10.0 Å². The number of nitrogens with zero attached hydrogens (tertiary/aromatic N) is 2. The van der Waals surface area contributed by atoms with Crippen molar-refractivity contribution in [3.63, 3.8) is 0 Å². The summed E-state index contributed by atoms with van der Waals surface area (Å²) in [7, 11) is -3.83. The average Bonchev–Trinajstić information content (AvgIpc) is 2.75. The van der Waals surface area contributed by atoms with Gasteiger partial charge in [-0.1, -0.05) is 19.9 Å². The van der Waals surface area contributed by atoms with Crippen LogP contribution in [0.25, 0.3) is 0 Å². The van der Waals surface area contributed by atoms with E-state index in [4.69, 9.17) is 0 Å². The Morgan fingerprint density at radius 3 is 2.77 bits per heavy atom. The molecule has 0 aliphatic carbocycles. The van der Waals surface area contributed by atoms with Crippen molar-refractivity contribution in [1.82, 2.24) is 14.6 Å². The number of carbonyl (C=O) groups is 2. The molecule has 2 rings (SSSR count). The molecule has 0 spiro atoms. The first-order chi connectivity index (χ1) is 12.2. The highest BCUT2D eigenvalue weighted by molar-refractivity contribution is 7.89. The predicted octanol–water partition coefficient (Wildman–Crippen LogP) is 1.66. The SMILES string of the molecule is Cc1cccc(S(=O)(=O)N2CCCC(NC(=O)CCC(C)C)C(=O)C2)n1. The zero-order valence-corrected chi connectivity index (χ0v) is 16.4. The van der Waals surface area contributed by atoms with Crippen LogP contribution in [0.1, 0.15) is 45.2 Å². The lowest BCUT2D eigenvalue weighted by Gasteiger charge is -2.19. The monoisotopic (exact) mass is 381 g/mol. The molecule has 0 aromatic carbocycles. The lowest BCUT2D eigenvalue weighted by atomic mass is 10.1. The van der Waals surface area contributed by atoms with E-state index in [9.17, 15) is 18.0 Å². The molecule has 1 saturated heterocycles. The molecule has 1 aromatic rings. The topological polar surface area (TPSA) is 96.4 Å². The fourth-order valence-electron chi connectivity index (χ4n) is 2.83. The van der Waals surface area contributed by atoms with Crippen molar-refractivity contribution >= 4 is 21.7 Å². The number of pyridine rings is 1. The molecule has 1 unspecified atom stereocenters. The van der Waals surface area contributed by atoms with Gasteiger partial charge >= 0.3 is 0 Å². The number of sulfonamides is 1. The quantitative estimate of drug-likeness (QED) is 0.808. The molecule has 7 nitrogen and oxygen atoms in total. The number of carbonyl (C=O) groups excluding carboxylic acids is 2. The van der Waals surface area contributed by atoms with Crippen molar-refractivity contribution in [3.05, 3.63) is 23.9 Å². The van der Waals surface area contributed by atoms with Gasteiger partial charge in [-0.15, -0.1) is 0 Å². The second kappa shape index (κ2) is 8.73. The van der Waals surface area contributed by atoms with Gasteiger partial charge in [-0.05, 0) is 44.2 Å². The van der Waals surface area contributed by atoms with Crippen LogP contribution in [-0.4, -0.2) is 48.5 Å². The molecule has 26 heavy (non-hydrogen) atoms. The van der Waals surface area contributed by atoms with Gasteiger partial charge in [-0.2, -0.15) is 4.31 Å². The average molecular weight is 381 g/mol. The highest BCUT2D eigenvalue weighted by Gasteiger charge is 2.33. The highest BCUT2D eigenvalue weighted by Crippen LogP contribution is 2.18. The number of nitrogens with one attached hydrogen (secondary N) is 1.